The molecule has 6 nitrogen and oxygen atoms in total. The molecule has 3 aromatic rings. The standard InChI is InChI=1S/C21H22N2O4S2/c1-25-16-8-7-15(19(13-16)26-2)14-23(10-9-17-5-4-12-29-17)21(28)22-20(24)18-6-3-11-27-18/h3-8,11-13H,9-10,14H2,1-2H3,(H,22,24,28). The molecule has 0 aliphatic carbocycles. The highest BCUT2D eigenvalue weighted by Gasteiger charge is 2.18. The first kappa shape index (κ1) is 20.9. The van der Waals surface area contributed by atoms with Crippen molar-refractivity contribution in [2.24, 2.45) is 0 Å². The minimum Gasteiger partial charge on any atom is -0.497 e. The minimum atomic E-state index is -0.372. The summed E-state index contributed by atoms with van der Waals surface area (Å²) in [5, 5.41) is 5.13. The van der Waals surface area contributed by atoms with Gasteiger partial charge < -0.3 is 18.8 Å². The number of thiocarbonyl (C=S) groups is 1. The molecule has 1 amide bonds. The third kappa shape index (κ3) is 5.58. The molecule has 0 aliphatic rings. The van der Waals surface area contributed by atoms with Gasteiger partial charge in [0.15, 0.2) is 10.9 Å². The van der Waals surface area contributed by atoms with E-state index in [4.69, 9.17) is 26.1 Å². The summed E-state index contributed by atoms with van der Waals surface area (Å²) in [6.07, 6.45) is 2.27. The average Bonchev–Trinajstić information content (AvgIpc) is 3.45. The number of methoxy groups -OCH3 is 2. The summed E-state index contributed by atoms with van der Waals surface area (Å²) in [5.74, 6) is 1.26. The van der Waals surface area contributed by atoms with Crippen LogP contribution in [0.5, 0.6) is 11.5 Å². The van der Waals surface area contributed by atoms with Gasteiger partial charge >= 0.3 is 0 Å². The summed E-state index contributed by atoms with van der Waals surface area (Å²) in [6.45, 7) is 1.13. The predicted octanol–water partition coefficient (Wildman–Crippen LogP) is 4.12. The molecule has 0 bridgehead atoms. The van der Waals surface area contributed by atoms with E-state index in [1.54, 1.807) is 37.7 Å². The van der Waals surface area contributed by atoms with Crippen molar-refractivity contribution in [3.8, 4) is 11.5 Å². The Morgan fingerprint density at radius 2 is 2.07 bits per heavy atom. The van der Waals surface area contributed by atoms with Gasteiger partial charge in [0.1, 0.15) is 11.5 Å². The number of amides is 1. The molecule has 152 valence electrons. The lowest BCUT2D eigenvalue weighted by Gasteiger charge is -2.26. The molecule has 1 aromatic carbocycles. The number of carbonyl (C=O) groups excluding carboxylic acids is 1. The van der Waals surface area contributed by atoms with Gasteiger partial charge in [0, 0.05) is 29.6 Å². The molecular weight excluding hydrogens is 408 g/mol. The summed E-state index contributed by atoms with van der Waals surface area (Å²) >= 11 is 7.23. The van der Waals surface area contributed by atoms with E-state index in [2.05, 4.69) is 11.4 Å². The van der Waals surface area contributed by atoms with Crippen molar-refractivity contribution in [2.75, 3.05) is 20.8 Å². The molecule has 8 heteroatoms. The molecule has 0 unspecified atom stereocenters. The van der Waals surface area contributed by atoms with Gasteiger partial charge in [-0.15, -0.1) is 11.3 Å². The first-order valence-corrected chi connectivity index (χ1v) is 10.3. The Bertz CT molecular complexity index is 940. The predicted molar refractivity (Wildman–Crippen MR) is 117 cm³/mol. The number of hydrogen-bond acceptors (Lipinski definition) is 6. The van der Waals surface area contributed by atoms with E-state index in [9.17, 15) is 4.79 Å². The molecule has 3 rings (SSSR count). The monoisotopic (exact) mass is 430 g/mol. The third-order valence-electron chi connectivity index (χ3n) is 4.32. The number of nitrogens with zero attached hydrogens (tertiary/aromatic N) is 1. The van der Waals surface area contributed by atoms with Crippen LogP contribution in [0.3, 0.4) is 0 Å². The van der Waals surface area contributed by atoms with Crippen LogP contribution in [0.4, 0.5) is 0 Å². The van der Waals surface area contributed by atoms with Gasteiger partial charge in [0.05, 0.1) is 20.5 Å². The number of ether oxygens (including phenoxy) is 2. The van der Waals surface area contributed by atoms with Gasteiger partial charge in [-0.2, -0.15) is 0 Å². The van der Waals surface area contributed by atoms with Gasteiger partial charge in [-0.1, -0.05) is 6.07 Å². The Hall–Kier alpha value is -2.84. The molecule has 0 saturated heterocycles. The van der Waals surface area contributed by atoms with Gasteiger partial charge in [-0.05, 0) is 54.4 Å². The van der Waals surface area contributed by atoms with Crippen molar-refractivity contribution in [1.82, 2.24) is 10.2 Å². The fourth-order valence-electron chi connectivity index (χ4n) is 2.79. The highest BCUT2D eigenvalue weighted by atomic mass is 32.1. The molecule has 0 spiro atoms. The van der Waals surface area contributed by atoms with Crippen molar-refractivity contribution in [2.45, 2.75) is 13.0 Å². The molecule has 2 aromatic heterocycles. The third-order valence-corrected chi connectivity index (χ3v) is 5.61. The first-order chi connectivity index (χ1) is 14.1. The summed E-state index contributed by atoms with van der Waals surface area (Å²) in [7, 11) is 3.23. The summed E-state index contributed by atoms with van der Waals surface area (Å²) < 4.78 is 15.9. The Morgan fingerprint density at radius 1 is 1.21 bits per heavy atom. The van der Waals surface area contributed by atoms with Crippen molar-refractivity contribution < 1.29 is 18.7 Å². The number of hydrogen-bond donors (Lipinski definition) is 1. The van der Waals surface area contributed by atoms with Crippen LogP contribution in [0.15, 0.2) is 58.5 Å². The zero-order chi connectivity index (χ0) is 20.6. The highest BCUT2D eigenvalue weighted by molar-refractivity contribution is 7.80. The van der Waals surface area contributed by atoms with Crippen molar-refractivity contribution in [1.29, 1.82) is 0 Å². The van der Waals surface area contributed by atoms with Crippen LogP contribution < -0.4 is 14.8 Å². The Morgan fingerprint density at radius 3 is 2.72 bits per heavy atom. The zero-order valence-corrected chi connectivity index (χ0v) is 17.8. The first-order valence-electron chi connectivity index (χ1n) is 8.97. The smallest absolute Gasteiger partial charge is 0.293 e. The molecule has 2 heterocycles. The van der Waals surface area contributed by atoms with Crippen molar-refractivity contribution >= 4 is 34.6 Å². The number of furan rings is 1. The fourth-order valence-corrected chi connectivity index (χ4v) is 3.73. The molecule has 0 saturated carbocycles. The second kappa shape index (κ2) is 10.1. The second-order valence-electron chi connectivity index (χ2n) is 6.17. The molecule has 0 radical (unpaired) electrons. The van der Waals surface area contributed by atoms with Crippen LogP contribution in [-0.4, -0.2) is 36.7 Å². The number of rotatable bonds is 8. The van der Waals surface area contributed by atoms with E-state index >= 15 is 0 Å². The van der Waals surface area contributed by atoms with Gasteiger partial charge in [-0.3, -0.25) is 10.1 Å². The molecular formula is C21H22N2O4S2. The molecule has 29 heavy (non-hydrogen) atoms. The van der Waals surface area contributed by atoms with Crippen LogP contribution in [0.2, 0.25) is 0 Å². The highest BCUT2D eigenvalue weighted by Crippen LogP contribution is 2.26. The number of thiophene rings is 1. The van der Waals surface area contributed by atoms with Crippen LogP contribution in [0, 0.1) is 0 Å². The van der Waals surface area contributed by atoms with Crippen molar-refractivity contribution in [3.05, 3.63) is 70.3 Å². The molecule has 1 N–H and O–H groups in total. The zero-order valence-electron chi connectivity index (χ0n) is 16.2. The van der Waals surface area contributed by atoms with Crippen LogP contribution in [0.1, 0.15) is 21.0 Å². The minimum absolute atomic E-state index is 0.215. The fraction of sp³-hybridized carbons (Fsp3) is 0.238. The maximum absolute atomic E-state index is 12.4. The lowest BCUT2D eigenvalue weighted by Crippen LogP contribution is -2.43. The normalized spacial score (nSPS) is 10.4. The van der Waals surface area contributed by atoms with E-state index in [-0.39, 0.29) is 11.7 Å². The Labute approximate surface area is 179 Å². The van der Waals surface area contributed by atoms with E-state index < -0.39 is 0 Å². The van der Waals surface area contributed by atoms with Gasteiger partial charge in [-0.25, -0.2) is 0 Å². The summed E-state index contributed by atoms with van der Waals surface area (Å²) in [4.78, 5) is 15.5. The molecule has 0 fully saturated rings. The quantitative estimate of drug-likeness (QED) is 0.543. The van der Waals surface area contributed by atoms with Crippen LogP contribution in [-0.2, 0) is 13.0 Å². The second-order valence-corrected chi connectivity index (χ2v) is 7.58. The van der Waals surface area contributed by atoms with Crippen LogP contribution in [0.25, 0.3) is 0 Å². The van der Waals surface area contributed by atoms with Gasteiger partial charge in [0.2, 0.25) is 0 Å². The summed E-state index contributed by atoms with van der Waals surface area (Å²) in [6, 6.07) is 13.0. The van der Waals surface area contributed by atoms with E-state index in [1.165, 1.54) is 11.1 Å². The topological polar surface area (TPSA) is 63.9 Å². The van der Waals surface area contributed by atoms with E-state index in [1.807, 2.05) is 34.5 Å². The average molecular weight is 431 g/mol. The van der Waals surface area contributed by atoms with Crippen molar-refractivity contribution in [3.63, 3.8) is 0 Å². The number of nitrogens with one attached hydrogen (secondary N) is 1. The number of carbonyl (C=O) groups is 1. The maximum Gasteiger partial charge on any atom is 0.293 e. The molecule has 0 aliphatic heterocycles. The Kier molecular flexibility index (Phi) is 7.26. The van der Waals surface area contributed by atoms with E-state index in [0.29, 0.717) is 29.7 Å². The number of benzene rings is 1. The lowest BCUT2D eigenvalue weighted by atomic mass is 10.1. The van der Waals surface area contributed by atoms with E-state index in [0.717, 1.165) is 12.0 Å². The largest absolute Gasteiger partial charge is 0.497 e. The lowest BCUT2D eigenvalue weighted by molar-refractivity contribution is 0.0946. The Balaban J connectivity index is 1.76. The molecule has 0 atom stereocenters. The summed E-state index contributed by atoms with van der Waals surface area (Å²) in [5.41, 5.74) is 0.939. The van der Waals surface area contributed by atoms with Crippen LogP contribution >= 0.6 is 23.6 Å². The SMILES string of the molecule is COc1ccc(CN(CCc2cccs2)C(=S)NC(=O)c2ccco2)c(OC)c1. The van der Waals surface area contributed by atoms with Gasteiger partial charge in [0.25, 0.3) is 5.91 Å². The maximum atomic E-state index is 12.4.